The summed E-state index contributed by atoms with van der Waals surface area (Å²) in [5.41, 5.74) is 7.51. The summed E-state index contributed by atoms with van der Waals surface area (Å²) >= 11 is 27.5. The third-order valence-electron chi connectivity index (χ3n) is 9.46. The van der Waals surface area contributed by atoms with Crippen molar-refractivity contribution in [3.8, 4) is 11.5 Å². The lowest BCUT2D eigenvalue weighted by molar-refractivity contribution is 0.0300. The lowest BCUT2D eigenvalue weighted by Gasteiger charge is -2.28. The topological polar surface area (TPSA) is 68.8 Å². The van der Waals surface area contributed by atoms with Gasteiger partial charge < -0.3 is 24.8 Å². The highest BCUT2D eigenvalue weighted by Gasteiger charge is 2.48. The summed E-state index contributed by atoms with van der Waals surface area (Å²) in [6.07, 6.45) is 3.86. The summed E-state index contributed by atoms with van der Waals surface area (Å²) in [6, 6.07) is 28.1. The number of halogens is 4. The van der Waals surface area contributed by atoms with E-state index in [4.69, 9.17) is 60.6 Å². The SMILES string of the molecule is CCNc1cc(C)ccc1C(=CC1(C=C(c2ccc(OCC)cc2)c2ccc(C)cc2NCC)OC(=O)c2c(Cl)c(Cl)c(Cl)c(Cl)c21)c1ccc(OCC)cc1. The third-order valence-corrected chi connectivity index (χ3v) is 11.3. The van der Waals surface area contributed by atoms with Crippen LogP contribution in [0.25, 0.3) is 11.1 Å². The van der Waals surface area contributed by atoms with Crippen LogP contribution < -0.4 is 20.1 Å². The van der Waals surface area contributed by atoms with Crippen molar-refractivity contribution in [1.82, 2.24) is 0 Å². The number of hydrogen-bond acceptors (Lipinski definition) is 6. The van der Waals surface area contributed by atoms with Crippen LogP contribution >= 0.6 is 46.4 Å². The maximum Gasteiger partial charge on any atom is 0.341 e. The predicted octanol–water partition coefficient (Wildman–Crippen LogP) is 13.2. The number of anilines is 2. The first-order valence-electron chi connectivity index (χ1n) is 18.7. The Labute approximate surface area is 349 Å². The van der Waals surface area contributed by atoms with Crippen LogP contribution in [0.4, 0.5) is 11.4 Å². The van der Waals surface area contributed by atoms with Crippen LogP contribution in [-0.2, 0) is 10.3 Å². The summed E-state index contributed by atoms with van der Waals surface area (Å²) in [4.78, 5) is 14.3. The molecular formula is C46H44Cl4N2O4. The number of benzene rings is 5. The molecule has 0 saturated heterocycles. The number of fused-ring (bicyclic) bond motifs is 1. The molecule has 1 aliphatic rings. The number of nitrogens with one attached hydrogen (secondary N) is 2. The molecule has 0 amide bonds. The summed E-state index contributed by atoms with van der Waals surface area (Å²) in [6.45, 7) is 14.5. The zero-order chi connectivity index (χ0) is 40.1. The second kappa shape index (κ2) is 17.7. The molecule has 6 rings (SSSR count). The van der Waals surface area contributed by atoms with Crippen molar-refractivity contribution in [2.45, 2.75) is 47.1 Å². The number of aryl methyl sites for hydroxylation is 2. The monoisotopic (exact) mass is 828 g/mol. The maximum atomic E-state index is 14.3. The first-order chi connectivity index (χ1) is 26.9. The summed E-state index contributed by atoms with van der Waals surface area (Å²) in [5.74, 6) is 0.757. The van der Waals surface area contributed by atoms with E-state index in [9.17, 15) is 4.79 Å². The molecule has 1 aliphatic heterocycles. The number of carbonyl (C=O) groups is 1. The molecule has 0 fully saturated rings. The predicted molar refractivity (Wildman–Crippen MR) is 234 cm³/mol. The van der Waals surface area contributed by atoms with Gasteiger partial charge in [0.1, 0.15) is 11.5 Å². The van der Waals surface area contributed by atoms with Crippen molar-refractivity contribution in [3.63, 3.8) is 0 Å². The summed E-state index contributed by atoms with van der Waals surface area (Å²) < 4.78 is 18.3. The van der Waals surface area contributed by atoms with Crippen LogP contribution in [0.5, 0.6) is 11.5 Å². The fourth-order valence-corrected chi connectivity index (χ4v) is 8.08. The number of cyclic esters (lactones) is 1. The summed E-state index contributed by atoms with van der Waals surface area (Å²) in [5, 5.41) is 7.08. The standard InChI is InChI=1S/C46H44Cl4N2O4/c1-7-51-37-23-27(5)11-21-33(37)35(29-13-17-31(18-14-29)54-9-3)25-46(40-39(45(53)56-46)41(47)43(49)44(50)42(40)48)26-36(30-15-19-32(20-16-30)55-10-4)34-22-12-28(6)24-38(34)52-8-2/h11-26,51-52H,7-10H2,1-6H3. The minimum absolute atomic E-state index is 0.0131. The molecule has 10 heteroatoms. The average molecular weight is 831 g/mol. The number of rotatable bonds is 14. The smallest absolute Gasteiger partial charge is 0.341 e. The molecule has 0 saturated carbocycles. The van der Waals surface area contributed by atoms with Gasteiger partial charge in [0.05, 0.1) is 38.9 Å². The van der Waals surface area contributed by atoms with E-state index < -0.39 is 11.6 Å². The van der Waals surface area contributed by atoms with Crippen molar-refractivity contribution in [1.29, 1.82) is 0 Å². The molecule has 0 spiro atoms. The molecule has 0 aliphatic carbocycles. The van der Waals surface area contributed by atoms with E-state index in [1.54, 1.807) is 0 Å². The second-order valence-electron chi connectivity index (χ2n) is 13.4. The van der Waals surface area contributed by atoms with Crippen LogP contribution in [-0.4, -0.2) is 32.3 Å². The molecule has 6 nitrogen and oxygen atoms in total. The fourth-order valence-electron chi connectivity index (χ4n) is 7.01. The summed E-state index contributed by atoms with van der Waals surface area (Å²) in [7, 11) is 0. The fraction of sp³-hybridized carbons (Fsp3) is 0.239. The Morgan fingerprint density at radius 2 is 1.05 bits per heavy atom. The van der Waals surface area contributed by atoms with E-state index in [1.807, 2.05) is 102 Å². The Morgan fingerprint density at radius 3 is 1.46 bits per heavy atom. The third kappa shape index (κ3) is 8.26. The number of ether oxygens (including phenoxy) is 3. The van der Waals surface area contributed by atoms with Crippen LogP contribution in [0.1, 0.15) is 77.0 Å². The quantitative estimate of drug-likeness (QED) is 0.0660. The van der Waals surface area contributed by atoms with Crippen molar-refractivity contribution in [2.75, 3.05) is 36.9 Å². The maximum absolute atomic E-state index is 14.3. The Balaban J connectivity index is 1.79. The van der Waals surface area contributed by atoms with Crippen molar-refractivity contribution < 1.29 is 19.0 Å². The zero-order valence-corrected chi connectivity index (χ0v) is 35.2. The van der Waals surface area contributed by atoms with Gasteiger partial charge in [-0.25, -0.2) is 4.79 Å². The molecule has 2 N–H and O–H groups in total. The number of esters is 1. The van der Waals surface area contributed by atoms with E-state index in [0.29, 0.717) is 26.3 Å². The van der Waals surface area contributed by atoms with Crippen molar-refractivity contribution in [3.05, 3.63) is 162 Å². The Morgan fingerprint density at radius 1 is 0.625 bits per heavy atom. The van der Waals surface area contributed by atoms with E-state index in [-0.39, 0.29) is 31.2 Å². The Bertz CT molecular complexity index is 2200. The van der Waals surface area contributed by atoms with Crippen LogP contribution in [0, 0.1) is 13.8 Å². The van der Waals surface area contributed by atoms with Crippen molar-refractivity contribution in [2.24, 2.45) is 0 Å². The normalized spacial score (nSPS) is 15.4. The van der Waals surface area contributed by atoms with E-state index in [0.717, 1.165) is 67.4 Å². The van der Waals surface area contributed by atoms with Gasteiger partial charge >= 0.3 is 5.97 Å². The first-order valence-corrected chi connectivity index (χ1v) is 20.2. The largest absolute Gasteiger partial charge is 0.494 e. The van der Waals surface area contributed by atoms with E-state index >= 15 is 0 Å². The van der Waals surface area contributed by atoms with Crippen LogP contribution in [0.15, 0.2) is 97.1 Å². The van der Waals surface area contributed by atoms with Crippen molar-refractivity contribution >= 4 is 74.9 Å². The highest BCUT2D eigenvalue weighted by Crippen LogP contribution is 2.54. The molecule has 290 valence electrons. The highest BCUT2D eigenvalue weighted by atomic mass is 35.5. The highest BCUT2D eigenvalue weighted by molar-refractivity contribution is 6.53. The lowest BCUT2D eigenvalue weighted by Crippen LogP contribution is -2.23. The minimum Gasteiger partial charge on any atom is -0.494 e. The van der Waals surface area contributed by atoms with Gasteiger partial charge in [-0.15, -0.1) is 0 Å². The van der Waals surface area contributed by atoms with Gasteiger partial charge in [-0.2, -0.15) is 0 Å². The minimum atomic E-state index is -1.67. The second-order valence-corrected chi connectivity index (χ2v) is 14.9. The molecule has 1 heterocycles. The van der Waals surface area contributed by atoms with Gasteiger partial charge in [-0.05, 0) is 123 Å². The van der Waals surface area contributed by atoms with Gasteiger partial charge in [0.2, 0.25) is 0 Å². The van der Waals surface area contributed by atoms with Gasteiger partial charge in [0.15, 0.2) is 5.60 Å². The van der Waals surface area contributed by atoms with Crippen LogP contribution in [0.2, 0.25) is 20.1 Å². The van der Waals surface area contributed by atoms with E-state index in [1.165, 1.54) is 0 Å². The average Bonchev–Trinajstić information content (AvgIpc) is 3.47. The van der Waals surface area contributed by atoms with E-state index in [2.05, 4.69) is 47.0 Å². The molecule has 5 aromatic carbocycles. The van der Waals surface area contributed by atoms with Gasteiger partial charge in [0, 0.05) is 41.2 Å². The molecule has 5 aromatic rings. The van der Waals surface area contributed by atoms with Gasteiger partial charge in [0.25, 0.3) is 0 Å². The Kier molecular flexibility index (Phi) is 13.0. The van der Waals surface area contributed by atoms with Gasteiger partial charge in [-0.3, -0.25) is 0 Å². The molecule has 0 radical (unpaired) electrons. The molecule has 0 unspecified atom stereocenters. The number of carbonyl (C=O) groups excluding carboxylic acids is 1. The number of hydrogen-bond donors (Lipinski definition) is 2. The lowest BCUT2D eigenvalue weighted by atomic mass is 9.82. The zero-order valence-electron chi connectivity index (χ0n) is 32.2. The first kappa shape index (κ1) is 41.1. The molecule has 0 bridgehead atoms. The molecule has 0 atom stereocenters. The van der Waals surface area contributed by atoms with Crippen LogP contribution in [0.3, 0.4) is 0 Å². The molecular weight excluding hydrogens is 786 g/mol. The molecule has 56 heavy (non-hydrogen) atoms. The molecule has 0 aromatic heterocycles. The Hall–Kier alpha value is -4.59. The van der Waals surface area contributed by atoms with Gasteiger partial charge in [-0.1, -0.05) is 94.9 Å².